The largest absolute Gasteiger partial charge is 0.360 e. The van der Waals surface area contributed by atoms with Crippen molar-refractivity contribution in [1.29, 1.82) is 0 Å². The van der Waals surface area contributed by atoms with Crippen molar-refractivity contribution >= 4 is 22.4 Å². The van der Waals surface area contributed by atoms with Gasteiger partial charge < -0.3 is 9.84 Å². The molecular weight excluding hydrogens is 276 g/mol. The van der Waals surface area contributed by atoms with E-state index in [1.165, 1.54) is 18.5 Å². The fourth-order valence-electron chi connectivity index (χ4n) is 1.87. The first-order valence-corrected chi connectivity index (χ1v) is 6.06. The van der Waals surface area contributed by atoms with Crippen LogP contribution in [0.2, 0.25) is 0 Å². The summed E-state index contributed by atoms with van der Waals surface area (Å²) in [5.41, 5.74) is 0.591. The maximum atomic E-state index is 10.8. The van der Waals surface area contributed by atoms with Crippen LogP contribution in [0, 0.1) is 17.0 Å². The van der Waals surface area contributed by atoms with E-state index in [-0.39, 0.29) is 12.2 Å². The number of nitro groups is 1. The molecule has 0 radical (unpaired) electrons. The van der Waals surface area contributed by atoms with Gasteiger partial charge in [0.1, 0.15) is 12.1 Å². The second kappa shape index (κ2) is 5.12. The molecule has 0 aliphatic heterocycles. The van der Waals surface area contributed by atoms with Crippen LogP contribution in [0.3, 0.4) is 0 Å². The molecule has 3 aromatic rings. The highest BCUT2D eigenvalue weighted by molar-refractivity contribution is 5.90. The molecule has 1 N–H and O–H groups in total. The molecule has 21 heavy (non-hydrogen) atoms. The number of fused-ring (bicyclic) bond motifs is 1. The maximum Gasteiger partial charge on any atom is 0.270 e. The molecule has 0 saturated heterocycles. The van der Waals surface area contributed by atoms with Gasteiger partial charge in [-0.05, 0) is 13.0 Å². The molecule has 9 nitrogen and oxygen atoms in total. The Kier molecular flexibility index (Phi) is 3.14. The zero-order valence-corrected chi connectivity index (χ0v) is 11.0. The topological polar surface area (TPSA) is 120 Å². The number of non-ortho nitro benzene ring substituents is 1. The SMILES string of the molecule is Cc1noc(CNc2ncnc3ccc([N+](=O)[O-])cc23)n1. The molecule has 1 aromatic carbocycles. The van der Waals surface area contributed by atoms with Gasteiger partial charge in [0.25, 0.3) is 5.69 Å². The summed E-state index contributed by atoms with van der Waals surface area (Å²) in [6.07, 6.45) is 1.38. The van der Waals surface area contributed by atoms with Gasteiger partial charge in [-0.3, -0.25) is 10.1 Å². The van der Waals surface area contributed by atoms with Gasteiger partial charge in [-0.25, -0.2) is 9.97 Å². The Balaban J connectivity index is 1.93. The molecule has 2 aromatic heterocycles. The Morgan fingerprint density at radius 1 is 1.38 bits per heavy atom. The third kappa shape index (κ3) is 2.61. The number of hydrogen-bond donors (Lipinski definition) is 1. The fraction of sp³-hybridized carbons (Fsp3) is 0.167. The highest BCUT2D eigenvalue weighted by Crippen LogP contribution is 2.24. The highest BCUT2D eigenvalue weighted by Gasteiger charge is 2.11. The zero-order valence-electron chi connectivity index (χ0n) is 11.0. The van der Waals surface area contributed by atoms with Crippen LogP contribution in [0.15, 0.2) is 29.0 Å². The van der Waals surface area contributed by atoms with Crippen molar-refractivity contribution < 1.29 is 9.45 Å². The number of rotatable bonds is 4. The summed E-state index contributed by atoms with van der Waals surface area (Å²) in [5, 5.41) is 18.1. The second-order valence-electron chi connectivity index (χ2n) is 4.27. The summed E-state index contributed by atoms with van der Waals surface area (Å²) in [6, 6.07) is 4.41. The van der Waals surface area contributed by atoms with Crippen molar-refractivity contribution in [2.75, 3.05) is 5.32 Å². The van der Waals surface area contributed by atoms with Crippen LogP contribution < -0.4 is 5.32 Å². The van der Waals surface area contributed by atoms with Crippen LogP contribution in [0.25, 0.3) is 10.9 Å². The fourth-order valence-corrected chi connectivity index (χ4v) is 1.87. The number of nitrogens with zero attached hydrogens (tertiary/aromatic N) is 5. The molecule has 0 spiro atoms. The predicted octanol–water partition coefficient (Wildman–Crippen LogP) is 1.84. The van der Waals surface area contributed by atoms with Gasteiger partial charge in [-0.2, -0.15) is 4.98 Å². The first-order chi connectivity index (χ1) is 10.1. The molecule has 106 valence electrons. The van der Waals surface area contributed by atoms with Crippen molar-refractivity contribution in [2.45, 2.75) is 13.5 Å². The Bertz CT molecular complexity index is 816. The number of hydrogen-bond acceptors (Lipinski definition) is 8. The Hall–Kier alpha value is -3.10. The van der Waals surface area contributed by atoms with Crippen molar-refractivity contribution in [3.8, 4) is 0 Å². The summed E-state index contributed by atoms with van der Waals surface area (Å²) in [6.45, 7) is 1.99. The molecule has 0 atom stereocenters. The third-order valence-electron chi connectivity index (χ3n) is 2.81. The number of benzene rings is 1. The van der Waals surface area contributed by atoms with E-state index in [0.29, 0.717) is 28.4 Å². The highest BCUT2D eigenvalue weighted by atomic mass is 16.6. The smallest absolute Gasteiger partial charge is 0.270 e. The number of nitro benzene ring substituents is 1. The van der Waals surface area contributed by atoms with Gasteiger partial charge in [0, 0.05) is 17.5 Å². The molecule has 0 fully saturated rings. The summed E-state index contributed by atoms with van der Waals surface area (Å²) in [4.78, 5) is 22.6. The molecular formula is C12H10N6O3. The summed E-state index contributed by atoms with van der Waals surface area (Å²) in [5.74, 6) is 1.42. The van der Waals surface area contributed by atoms with E-state index < -0.39 is 4.92 Å². The van der Waals surface area contributed by atoms with E-state index in [0.717, 1.165) is 0 Å². The first kappa shape index (κ1) is 12.9. The number of aryl methyl sites for hydroxylation is 1. The Morgan fingerprint density at radius 3 is 2.95 bits per heavy atom. The lowest BCUT2D eigenvalue weighted by atomic mass is 10.2. The lowest BCUT2D eigenvalue weighted by Crippen LogP contribution is -2.03. The van der Waals surface area contributed by atoms with Crippen LogP contribution in [0.5, 0.6) is 0 Å². The van der Waals surface area contributed by atoms with E-state index in [1.807, 2.05) is 0 Å². The van der Waals surface area contributed by atoms with Crippen LogP contribution in [0.1, 0.15) is 11.7 Å². The average Bonchev–Trinajstić information content (AvgIpc) is 2.90. The van der Waals surface area contributed by atoms with Crippen molar-refractivity contribution in [3.05, 3.63) is 46.4 Å². The van der Waals surface area contributed by atoms with Gasteiger partial charge in [0.2, 0.25) is 5.89 Å². The lowest BCUT2D eigenvalue weighted by Gasteiger charge is -2.05. The lowest BCUT2D eigenvalue weighted by molar-refractivity contribution is -0.384. The minimum Gasteiger partial charge on any atom is -0.360 e. The second-order valence-corrected chi connectivity index (χ2v) is 4.27. The molecule has 0 saturated carbocycles. The standard InChI is InChI=1S/C12H10N6O3/c1-7-16-11(21-17-7)5-13-12-9-4-8(18(19)20)2-3-10(9)14-6-15-12/h2-4,6H,5H2,1H3,(H,13,14,15). The molecule has 3 rings (SSSR count). The Labute approximate surface area is 118 Å². The van der Waals surface area contributed by atoms with E-state index in [1.54, 1.807) is 13.0 Å². The summed E-state index contributed by atoms with van der Waals surface area (Å²) >= 11 is 0. The van der Waals surface area contributed by atoms with E-state index in [4.69, 9.17) is 4.52 Å². The predicted molar refractivity (Wildman–Crippen MR) is 72.6 cm³/mol. The van der Waals surface area contributed by atoms with Crippen molar-refractivity contribution in [3.63, 3.8) is 0 Å². The van der Waals surface area contributed by atoms with Gasteiger partial charge >= 0.3 is 0 Å². The van der Waals surface area contributed by atoms with E-state index in [2.05, 4.69) is 25.4 Å². The monoisotopic (exact) mass is 286 g/mol. The van der Waals surface area contributed by atoms with Crippen LogP contribution in [-0.4, -0.2) is 25.0 Å². The average molecular weight is 286 g/mol. The van der Waals surface area contributed by atoms with Crippen molar-refractivity contribution in [1.82, 2.24) is 20.1 Å². The Morgan fingerprint density at radius 2 is 2.24 bits per heavy atom. The summed E-state index contributed by atoms with van der Waals surface area (Å²) < 4.78 is 4.98. The van der Waals surface area contributed by atoms with Crippen LogP contribution >= 0.6 is 0 Å². The first-order valence-electron chi connectivity index (χ1n) is 6.06. The number of aromatic nitrogens is 4. The quantitative estimate of drug-likeness (QED) is 0.569. The minimum absolute atomic E-state index is 0.0195. The number of nitrogens with one attached hydrogen (secondary N) is 1. The normalized spacial score (nSPS) is 10.7. The van der Waals surface area contributed by atoms with Gasteiger partial charge in [-0.1, -0.05) is 5.16 Å². The van der Waals surface area contributed by atoms with E-state index >= 15 is 0 Å². The molecule has 0 aliphatic rings. The van der Waals surface area contributed by atoms with Crippen LogP contribution in [0.4, 0.5) is 11.5 Å². The third-order valence-corrected chi connectivity index (χ3v) is 2.81. The van der Waals surface area contributed by atoms with Gasteiger partial charge in [0.15, 0.2) is 5.82 Å². The van der Waals surface area contributed by atoms with Gasteiger partial charge in [-0.15, -0.1) is 0 Å². The molecule has 0 aliphatic carbocycles. The van der Waals surface area contributed by atoms with Crippen LogP contribution in [-0.2, 0) is 6.54 Å². The van der Waals surface area contributed by atoms with Gasteiger partial charge in [0.05, 0.1) is 17.0 Å². The van der Waals surface area contributed by atoms with Crippen molar-refractivity contribution in [2.24, 2.45) is 0 Å². The molecule has 0 bridgehead atoms. The molecule has 0 unspecified atom stereocenters. The molecule has 0 amide bonds. The number of anilines is 1. The zero-order chi connectivity index (χ0) is 14.8. The van der Waals surface area contributed by atoms with E-state index in [9.17, 15) is 10.1 Å². The summed E-state index contributed by atoms with van der Waals surface area (Å²) in [7, 11) is 0. The minimum atomic E-state index is -0.461. The maximum absolute atomic E-state index is 10.8. The molecule has 2 heterocycles. The molecule has 9 heteroatoms.